The topological polar surface area (TPSA) is 42.0 Å². The number of rotatable bonds is 6. The lowest BCUT2D eigenvalue weighted by Gasteiger charge is -2.18. The van der Waals surface area contributed by atoms with Gasteiger partial charge in [0.25, 0.3) is 5.91 Å². The predicted octanol–water partition coefficient (Wildman–Crippen LogP) is 7.54. The number of hydrogen-bond acceptors (Lipinski definition) is 2. The van der Waals surface area contributed by atoms with Crippen molar-refractivity contribution in [1.82, 2.24) is 10.3 Å². The molecule has 0 fully saturated rings. The summed E-state index contributed by atoms with van der Waals surface area (Å²) in [7, 11) is 0. The highest BCUT2D eigenvalue weighted by molar-refractivity contribution is 9.10. The first-order chi connectivity index (χ1) is 16.0. The average Bonchev–Trinajstić information content (AvgIpc) is 2.76. The third-order valence-corrected chi connectivity index (χ3v) is 6.02. The minimum absolute atomic E-state index is 0.0321. The lowest BCUT2D eigenvalue weighted by molar-refractivity contribution is -0.139. The fraction of sp³-hybridized carbons (Fsp3) is 0.200. The molecule has 3 nitrogen and oxygen atoms in total. The first-order valence-electron chi connectivity index (χ1n) is 10.2. The Morgan fingerprint density at radius 1 is 1.18 bits per heavy atom. The third kappa shape index (κ3) is 6.45. The Morgan fingerprint density at radius 2 is 1.91 bits per heavy atom. The molecule has 0 spiro atoms. The minimum atomic E-state index is -4.61. The van der Waals surface area contributed by atoms with Crippen LogP contribution < -0.4 is 5.32 Å². The summed E-state index contributed by atoms with van der Waals surface area (Å²) in [5.74, 6) is -3.06. The number of carbonyl (C=O) groups is 1. The highest BCUT2D eigenvalue weighted by atomic mass is 79.9. The van der Waals surface area contributed by atoms with Crippen LogP contribution in [0.25, 0.3) is 6.08 Å². The minimum Gasteiger partial charge on any atom is -0.348 e. The van der Waals surface area contributed by atoms with Crippen molar-refractivity contribution >= 4 is 39.5 Å². The lowest BCUT2D eigenvalue weighted by atomic mass is 9.95. The third-order valence-electron chi connectivity index (χ3n) is 5.09. The molecule has 178 valence electrons. The van der Waals surface area contributed by atoms with Crippen LogP contribution in [0.4, 0.5) is 17.6 Å². The normalized spacial score (nSPS) is 12.7. The van der Waals surface area contributed by atoms with Gasteiger partial charge in [-0.3, -0.25) is 9.78 Å². The highest BCUT2D eigenvalue weighted by Gasteiger charge is 2.39. The van der Waals surface area contributed by atoms with Crippen molar-refractivity contribution in [3.8, 4) is 0 Å². The number of benzene rings is 2. The molecule has 0 saturated carbocycles. The zero-order valence-corrected chi connectivity index (χ0v) is 20.5. The van der Waals surface area contributed by atoms with Crippen LogP contribution in [0.15, 0.2) is 59.2 Å². The fourth-order valence-electron chi connectivity index (χ4n) is 3.25. The first-order valence-corrected chi connectivity index (χ1v) is 11.3. The summed E-state index contributed by atoms with van der Waals surface area (Å²) >= 11 is 9.07. The number of halogens is 6. The second-order valence-corrected chi connectivity index (χ2v) is 9.00. The molecule has 3 aromatic rings. The maximum absolute atomic E-state index is 13.8. The molecule has 1 amide bonds. The van der Waals surface area contributed by atoms with E-state index in [4.69, 9.17) is 11.6 Å². The van der Waals surface area contributed by atoms with E-state index in [2.05, 4.69) is 26.2 Å². The van der Waals surface area contributed by atoms with Crippen molar-refractivity contribution in [3.63, 3.8) is 0 Å². The smallest absolute Gasteiger partial charge is 0.348 e. The fourth-order valence-corrected chi connectivity index (χ4v) is 4.10. The Morgan fingerprint density at radius 3 is 2.50 bits per heavy atom. The summed E-state index contributed by atoms with van der Waals surface area (Å²) in [6.07, 6.45) is -0.651. The van der Waals surface area contributed by atoms with E-state index in [1.807, 2.05) is 19.1 Å². The number of nitrogens with one attached hydrogen (secondary N) is 1. The van der Waals surface area contributed by atoms with Gasteiger partial charge in [-0.25, -0.2) is 4.39 Å². The van der Waals surface area contributed by atoms with Gasteiger partial charge in [-0.1, -0.05) is 42.0 Å². The summed E-state index contributed by atoms with van der Waals surface area (Å²) in [5.41, 5.74) is 2.37. The second-order valence-electron chi connectivity index (χ2n) is 7.74. The molecule has 9 heteroatoms. The van der Waals surface area contributed by atoms with Crippen LogP contribution in [0.2, 0.25) is 5.02 Å². The van der Waals surface area contributed by atoms with Crippen LogP contribution in [0, 0.1) is 19.7 Å². The van der Waals surface area contributed by atoms with Crippen LogP contribution in [0.1, 0.15) is 44.2 Å². The van der Waals surface area contributed by atoms with Gasteiger partial charge >= 0.3 is 6.18 Å². The Kier molecular flexibility index (Phi) is 8.15. The van der Waals surface area contributed by atoms with E-state index in [0.29, 0.717) is 15.6 Å². The summed E-state index contributed by atoms with van der Waals surface area (Å²) in [5, 5.41) is 2.42. The molecule has 0 aliphatic carbocycles. The Balaban J connectivity index is 1.77. The van der Waals surface area contributed by atoms with Gasteiger partial charge in [0.2, 0.25) is 0 Å². The average molecular weight is 556 g/mol. The Bertz CT molecular complexity index is 1200. The number of pyridine rings is 1. The van der Waals surface area contributed by atoms with Gasteiger partial charge in [0.15, 0.2) is 0 Å². The first kappa shape index (κ1) is 25.9. The summed E-state index contributed by atoms with van der Waals surface area (Å²) in [6.45, 7) is 3.51. The molecule has 0 saturated heterocycles. The molecule has 1 unspecified atom stereocenters. The quantitative estimate of drug-likeness (QED) is 0.319. The lowest BCUT2D eigenvalue weighted by Crippen LogP contribution is -2.23. The molecule has 1 N–H and O–H groups in total. The molecule has 0 aliphatic heterocycles. The van der Waals surface area contributed by atoms with E-state index < -0.39 is 17.9 Å². The van der Waals surface area contributed by atoms with Gasteiger partial charge in [-0.15, -0.1) is 0 Å². The van der Waals surface area contributed by atoms with Gasteiger partial charge in [-0.05, 0) is 76.3 Å². The summed E-state index contributed by atoms with van der Waals surface area (Å²) < 4.78 is 55.3. The molecule has 1 aromatic heterocycles. The summed E-state index contributed by atoms with van der Waals surface area (Å²) in [6, 6.07) is 10.4. The zero-order valence-electron chi connectivity index (χ0n) is 18.2. The number of allylic oxidation sites excluding steroid dienone is 1. The van der Waals surface area contributed by atoms with Crippen molar-refractivity contribution in [2.45, 2.75) is 32.5 Å². The van der Waals surface area contributed by atoms with Crippen LogP contribution in [0.5, 0.6) is 0 Å². The molecule has 0 aliphatic rings. The molecule has 0 bridgehead atoms. The number of carbonyl (C=O) groups excluding carboxylic acids is 1. The van der Waals surface area contributed by atoms with Crippen molar-refractivity contribution in [1.29, 1.82) is 0 Å². The Hall–Kier alpha value is -2.71. The number of hydrogen-bond donors (Lipinski definition) is 1. The van der Waals surface area contributed by atoms with E-state index in [0.717, 1.165) is 29.5 Å². The number of nitrogens with zero attached hydrogens (tertiary/aromatic N) is 1. The molecule has 1 heterocycles. The summed E-state index contributed by atoms with van der Waals surface area (Å²) in [4.78, 5) is 16.7. The van der Waals surface area contributed by atoms with E-state index in [1.54, 1.807) is 18.3 Å². The molecular formula is C25H20BrClF4N2O. The molecule has 0 radical (unpaired) electrons. The van der Waals surface area contributed by atoms with Crippen LogP contribution in [0.3, 0.4) is 0 Å². The maximum atomic E-state index is 13.8. The predicted molar refractivity (Wildman–Crippen MR) is 128 cm³/mol. The van der Waals surface area contributed by atoms with Gasteiger partial charge < -0.3 is 5.32 Å². The number of alkyl halides is 3. The van der Waals surface area contributed by atoms with E-state index in [1.165, 1.54) is 19.1 Å². The molecule has 1 atom stereocenters. The van der Waals surface area contributed by atoms with Crippen molar-refractivity contribution in [2.24, 2.45) is 0 Å². The largest absolute Gasteiger partial charge is 0.399 e. The van der Waals surface area contributed by atoms with E-state index >= 15 is 0 Å². The van der Waals surface area contributed by atoms with Crippen molar-refractivity contribution in [3.05, 3.63) is 104 Å². The Labute approximate surface area is 208 Å². The molecular weight excluding hydrogens is 536 g/mol. The molecule has 2 aromatic carbocycles. The van der Waals surface area contributed by atoms with E-state index in [-0.39, 0.29) is 28.6 Å². The van der Waals surface area contributed by atoms with Gasteiger partial charge in [0.1, 0.15) is 5.82 Å². The zero-order chi connectivity index (χ0) is 25.0. The van der Waals surface area contributed by atoms with Crippen molar-refractivity contribution < 1.29 is 22.4 Å². The molecule has 3 rings (SSSR count). The van der Waals surface area contributed by atoms with E-state index in [9.17, 15) is 22.4 Å². The van der Waals surface area contributed by atoms with Gasteiger partial charge in [0, 0.05) is 22.9 Å². The second kappa shape index (κ2) is 10.7. The van der Waals surface area contributed by atoms with Crippen molar-refractivity contribution in [2.75, 3.05) is 0 Å². The number of aromatic nitrogens is 1. The van der Waals surface area contributed by atoms with Crippen LogP contribution in [-0.2, 0) is 6.54 Å². The van der Waals surface area contributed by atoms with Crippen LogP contribution in [-0.4, -0.2) is 17.1 Å². The van der Waals surface area contributed by atoms with Gasteiger partial charge in [0.05, 0.1) is 16.5 Å². The highest BCUT2D eigenvalue weighted by Crippen LogP contribution is 2.38. The SMILES string of the molecule is Cc1ccc(CNC(=O)c2ccc(/C=C/C(c3cc(C)c(F)c(Cl)c3)C(F)(F)F)cc2Br)cn1. The van der Waals surface area contributed by atoms with Gasteiger partial charge in [-0.2, -0.15) is 13.2 Å². The maximum Gasteiger partial charge on any atom is 0.399 e. The number of aryl methyl sites for hydroxylation is 2. The molecule has 34 heavy (non-hydrogen) atoms. The monoisotopic (exact) mass is 554 g/mol. The standard InChI is InChI=1S/C25H20BrClF4N2O/c1-14-9-18(11-22(27)23(14)28)20(25(29,30)31)8-6-16-5-7-19(21(26)10-16)24(34)33-13-17-4-3-15(2)32-12-17/h3-12,20H,13H2,1-2H3,(H,33,34)/b8-6+. The number of amides is 1. The van der Waals surface area contributed by atoms with Crippen LogP contribution >= 0.6 is 27.5 Å².